The summed E-state index contributed by atoms with van der Waals surface area (Å²) in [6.07, 6.45) is 0.939. The first-order valence-corrected chi connectivity index (χ1v) is 5.68. The summed E-state index contributed by atoms with van der Waals surface area (Å²) < 4.78 is 5.21. The number of rotatable bonds is 5. The molecule has 0 aliphatic carbocycles. The third-order valence-corrected chi connectivity index (χ3v) is 2.86. The molecule has 0 radical (unpaired) electrons. The molecule has 88 valence electrons. The molecule has 0 unspecified atom stereocenters. The van der Waals surface area contributed by atoms with Gasteiger partial charge in [0.2, 0.25) is 0 Å². The van der Waals surface area contributed by atoms with Gasteiger partial charge in [-0.05, 0) is 12.0 Å². The second-order valence-electron chi connectivity index (χ2n) is 4.09. The van der Waals surface area contributed by atoms with E-state index in [2.05, 4.69) is 5.73 Å². The van der Waals surface area contributed by atoms with E-state index in [0.29, 0.717) is 6.61 Å². The van der Waals surface area contributed by atoms with Crippen LogP contribution in [0.5, 0.6) is 0 Å². The summed E-state index contributed by atoms with van der Waals surface area (Å²) in [6, 6.07) is 9.41. The topological polar surface area (TPSA) is 53.9 Å². The van der Waals surface area contributed by atoms with Crippen LogP contribution in [0.3, 0.4) is 0 Å². The molecular formula is C13H20NO2+. The van der Waals surface area contributed by atoms with Gasteiger partial charge in [-0.15, -0.1) is 0 Å². The first kappa shape index (κ1) is 12.7. The fourth-order valence-corrected chi connectivity index (χ4v) is 1.35. The average molecular weight is 222 g/mol. The van der Waals surface area contributed by atoms with Gasteiger partial charge < -0.3 is 10.5 Å². The quantitative estimate of drug-likeness (QED) is 0.765. The molecule has 0 aliphatic heterocycles. The van der Waals surface area contributed by atoms with E-state index < -0.39 is 0 Å². The predicted molar refractivity (Wildman–Crippen MR) is 62.4 cm³/mol. The molecule has 3 heteroatoms. The Labute approximate surface area is 96.6 Å². The van der Waals surface area contributed by atoms with Crippen LogP contribution in [0, 0.1) is 5.92 Å². The Hall–Kier alpha value is -1.35. The summed E-state index contributed by atoms with van der Waals surface area (Å²) in [5.74, 6) is 0.0569. The van der Waals surface area contributed by atoms with Gasteiger partial charge in [0.15, 0.2) is 6.04 Å². The highest BCUT2D eigenvalue weighted by Gasteiger charge is 2.24. The molecule has 1 aromatic rings. The SMILES string of the molecule is CC[C@H](C)[C@H]([NH3+])C(=O)OCc1ccccc1. The summed E-state index contributed by atoms with van der Waals surface area (Å²) in [4.78, 5) is 11.6. The van der Waals surface area contributed by atoms with E-state index in [-0.39, 0.29) is 17.9 Å². The maximum atomic E-state index is 11.6. The minimum Gasteiger partial charge on any atom is -0.456 e. The van der Waals surface area contributed by atoms with E-state index in [1.54, 1.807) is 0 Å². The lowest BCUT2D eigenvalue weighted by Crippen LogP contribution is -2.68. The van der Waals surface area contributed by atoms with Crippen LogP contribution < -0.4 is 5.73 Å². The van der Waals surface area contributed by atoms with Crippen LogP contribution >= 0.6 is 0 Å². The number of ether oxygens (including phenoxy) is 1. The van der Waals surface area contributed by atoms with Crippen molar-refractivity contribution in [2.24, 2.45) is 5.92 Å². The molecule has 0 fully saturated rings. The third-order valence-electron chi connectivity index (χ3n) is 2.86. The molecule has 0 amide bonds. The zero-order chi connectivity index (χ0) is 12.0. The van der Waals surface area contributed by atoms with Gasteiger partial charge in [0.1, 0.15) is 6.61 Å². The molecule has 1 rings (SSSR count). The number of benzene rings is 1. The van der Waals surface area contributed by atoms with Gasteiger partial charge in [-0.2, -0.15) is 0 Å². The van der Waals surface area contributed by atoms with Crippen LogP contribution in [-0.4, -0.2) is 12.0 Å². The standard InChI is InChI=1S/C13H19NO2/c1-3-10(2)12(14)13(15)16-9-11-7-5-4-6-8-11/h4-8,10,12H,3,9,14H2,1-2H3/p+1/t10-,12-/m0/s1. The minimum absolute atomic E-state index is 0.210. The predicted octanol–water partition coefficient (Wildman–Crippen LogP) is 1.39. The van der Waals surface area contributed by atoms with E-state index in [4.69, 9.17) is 4.74 Å². The Morgan fingerprint density at radius 1 is 1.38 bits per heavy atom. The van der Waals surface area contributed by atoms with Crippen LogP contribution in [0.4, 0.5) is 0 Å². The lowest BCUT2D eigenvalue weighted by molar-refractivity contribution is -0.420. The monoisotopic (exact) mass is 222 g/mol. The van der Waals surface area contributed by atoms with Gasteiger partial charge >= 0.3 is 5.97 Å². The molecule has 3 nitrogen and oxygen atoms in total. The van der Waals surface area contributed by atoms with E-state index in [1.165, 1.54) is 0 Å². The Kier molecular flexibility index (Phi) is 4.99. The van der Waals surface area contributed by atoms with E-state index in [0.717, 1.165) is 12.0 Å². The second-order valence-corrected chi connectivity index (χ2v) is 4.09. The lowest BCUT2D eigenvalue weighted by atomic mass is 10.0. The van der Waals surface area contributed by atoms with E-state index in [1.807, 2.05) is 44.2 Å². The van der Waals surface area contributed by atoms with Crippen molar-refractivity contribution in [1.82, 2.24) is 0 Å². The molecule has 1 aromatic carbocycles. The number of carbonyl (C=O) groups is 1. The highest BCUT2D eigenvalue weighted by Crippen LogP contribution is 2.07. The zero-order valence-electron chi connectivity index (χ0n) is 9.98. The molecule has 0 aromatic heterocycles. The maximum Gasteiger partial charge on any atom is 0.365 e. The van der Waals surface area contributed by atoms with Gasteiger partial charge in [0.25, 0.3) is 0 Å². The molecule has 0 saturated heterocycles. The number of hydrogen-bond donors (Lipinski definition) is 1. The van der Waals surface area contributed by atoms with Crippen molar-refractivity contribution in [2.75, 3.05) is 0 Å². The van der Waals surface area contributed by atoms with E-state index in [9.17, 15) is 4.79 Å². The van der Waals surface area contributed by atoms with Crippen LogP contribution in [0.25, 0.3) is 0 Å². The highest BCUT2D eigenvalue weighted by atomic mass is 16.5. The molecule has 3 N–H and O–H groups in total. The fraction of sp³-hybridized carbons (Fsp3) is 0.462. The Morgan fingerprint density at radius 3 is 2.56 bits per heavy atom. The Morgan fingerprint density at radius 2 is 2.00 bits per heavy atom. The summed E-state index contributed by atoms with van der Waals surface area (Å²) >= 11 is 0. The molecular weight excluding hydrogens is 202 g/mol. The maximum absolute atomic E-state index is 11.6. The third kappa shape index (κ3) is 3.66. The van der Waals surface area contributed by atoms with Crippen molar-refractivity contribution < 1.29 is 15.3 Å². The first-order valence-electron chi connectivity index (χ1n) is 5.68. The van der Waals surface area contributed by atoms with Gasteiger partial charge in [-0.3, -0.25) is 0 Å². The van der Waals surface area contributed by atoms with Crippen LogP contribution in [0.2, 0.25) is 0 Å². The molecule has 0 aliphatic rings. The molecule has 2 atom stereocenters. The molecule has 0 saturated carbocycles. The molecule has 16 heavy (non-hydrogen) atoms. The molecule has 0 spiro atoms. The van der Waals surface area contributed by atoms with Crippen LogP contribution in [0.15, 0.2) is 30.3 Å². The van der Waals surface area contributed by atoms with Crippen molar-refractivity contribution in [3.8, 4) is 0 Å². The van der Waals surface area contributed by atoms with Crippen molar-refractivity contribution in [2.45, 2.75) is 32.9 Å². The summed E-state index contributed by atoms with van der Waals surface area (Å²) in [7, 11) is 0. The Bertz CT molecular complexity index is 324. The van der Waals surface area contributed by atoms with Crippen LogP contribution in [0.1, 0.15) is 25.8 Å². The van der Waals surface area contributed by atoms with E-state index >= 15 is 0 Å². The number of carbonyl (C=O) groups excluding carboxylic acids is 1. The van der Waals surface area contributed by atoms with Gasteiger partial charge in [-0.25, -0.2) is 4.79 Å². The first-order chi connectivity index (χ1) is 7.65. The summed E-state index contributed by atoms with van der Waals surface area (Å²) in [5.41, 5.74) is 4.85. The number of esters is 1. The average Bonchev–Trinajstić information content (AvgIpc) is 2.35. The minimum atomic E-state index is -0.270. The van der Waals surface area contributed by atoms with Gasteiger partial charge in [-0.1, -0.05) is 44.2 Å². The number of hydrogen-bond acceptors (Lipinski definition) is 2. The largest absolute Gasteiger partial charge is 0.456 e. The smallest absolute Gasteiger partial charge is 0.365 e. The Balaban J connectivity index is 2.41. The second kappa shape index (κ2) is 6.28. The van der Waals surface area contributed by atoms with Crippen molar-refractivity contribution in [3.05, 3.63) is 35.9 Å². The van der Waals surface area contributed by atoms with Crippen LogP contribution in [-0.2, 0) is 16.1 Å². The lowest BCUT2D eigenvalue weighted by Gasteiger charge is -2.13. The van der Waals surface area contributed by atoms with Crippen molar-refractivity contribution in [1.29, 1.82) is 0 Å². The van der Waals surface area contributed by atoms with Gasteiger partial charge in [0, 0.05) is 5.92 Å². The van der Waals surface area contributed by atoms with Crippen molar-refractivity contribution in [3.63, 3.8) is 0 Å². The zero-order valence-corrected chi connectivity index (χ0v) is 9.98. The van der Waals surface area contributed by atoms with Gasteiger partial charge in [0.05, 0.1) is 0 Å². The number of quaternary nitrogens is 1. The summed E-state index contributed by atoms with van der Waals surface area (Å²) in [6.45, 7) is 4.40. The highest BCUT2D eigenvalue weighted by molar-refractivity contribution is 5.74. The molecule has 0 bridgehead atoms. The molecule has 0 heterocycles. The fourth-order valence-electron chi connectivity index (χ4n) is 1.35. The summed E-state index contributed by atoms with van der Waals surface area (Å²) in [5, 5.41) is 0. The van der Waals surface area contributed by atoms with Crippen molar-refractivity contribution >= 4 is 5.97 Å². The normalized spacial score (nSPS) is 14.2.